The highest BCUT2D eigenvalue weighted by Crippen LogP contribution is 2.08. The Balaban J connectivity index is 0.00000324. The summed E-state index contributed by atoms with van der Waals surface area (Å²) in [6.07, 6.45) is 3.63. The normalized spacial score (nSPS) is 15.5. The first-order valence-electron chi connectivity index (χ1n) is 6.23. The number of nitrogens with one attached hydrogen (secondary N) is 3. The molecule has 110 valence electrons. The van der Waals surface area contributed by atoms with E-state index < -0.39 is 6.03 Å². The first kappa shape index (κ1) is 17.9. The number of urea groups is 1. The SMILES string of the molecule is C=CCNC(=O)NC(=O)CN(C)C1CCNCC1.Cl. The summed E-state index contributed by atoms with van der Waals surface area (Å²) in [5, 5.41) is 8.07. The van der Waals surface area contributed by atoms with Crippen LogP contribution in [0.2, 0.25) is 0 Å². The molecule has 0 spiro atoms. The van der Waals surface area contributed by atoms with Crippen molar-refractivity contribution in [2.24, 2.45) is 0 Å². The van der Waals surface area contributed by atoms with Crippen LogP contribution in [0.4, 0.5) is 4.79 Å². The van der Waals surface area contributed by atoms with E-state index >= 15 is 0 Å². The molecule has 0 radical (unpaired) electrons. The molecule has 1 aliphatic rings. The van der Waals surface area contributed by atoms with Crippen LogP contribution in [0, 0.1) is 0 Å². The van der Waals surface area contributed by atoms with Crippen LogP contribution in [-0.2, 0) is 4.79 Å². The molecule has 0 aromatic heterocycles. The Morgan fingerprint density at radius 2 is 2.05 bits per heavy atom. The van der Waals surface area contributed by atoms with Crippen molar-refractivity contribution in [3.63, 3.8) is 0 Å². The molecule has 19 heavy (non-hydrogen) atoms. The van der Waals surface area contributed by atoms with Crippen LogP contribution in [-0.4, -0.2) is 56.1 Å². The minimum Gasteiger partial charge on any atom is -0.334 e. The minimum absolute atomic E-state index is 0. The van der Waals surface area contributed by atoms with Crippen LogP contribution < -0.4 is 16.0 Å². The zero-order chi connectivity index (χ0) is 13.4. The molecule has 0 aromatic rings. The van der Waals surface area contributed by atoms with E-state index in [1.54, 1.807) is 6.08 Å². The number of halogens is 1. The molecule has 1 aliphatic heterocycles. The topological polar surface area (TPSA) is 73.5 Å². The van der Waals surface area contributed by atoms with Gasteiger partial charge < -0.3 is 10.6 Å². The van der Waals surface area contributed by atoms with Crippen LogP contribution in [0.3, 0.4) is 0 Å². The van der Waals surface area contributed by atoms with Crippen molar-refractivity contribution in [1.29, 1.82) is 0 Å². The molecule has 0 aliphatic carbocycles. The summed E-state index contributed by atoms with van der Waals surface area (Å²) >= 11 is 0. The average molecular weight is 291 g/mol. The number of piperidine rings is 1. The molecular formula is C12H23ClN4O2. The van der Waals surface area contributed by atoms with Gasteiger partial charge >= 0.3 is 6.03 Å². The van der Waals surface area contributed by atoms with Gasteiger partial charge in [-0.25, -0.2) is 4.79 Å². The number of hydrogen-bond acceptors (Lipinski definition) is 4. The third-order valence-electron chi connectivity index (χ3n) is 2.98. The summed E-state index contributed by atoms with van der Waals surface area (Å²) in [7, 11) is 1.91. The Morgan fingerprint density at radius 3 is 2.63 bits per heavy atom. The fourth-order valence-corrected chi connectivity index (χ4v) is 1.98. The van der Waals surface area contributed by atoms with Crippen LogP contribution in [0.1, 0.15) is 12.8 Å². The molecule has 1 rings (SSSR count). The zero-order valence-corrected chi connectivity index (χ0v) is 12.1. The third kappa shape index (κ3) is 7.15. The lowest BCUT2D eigenvalue weighted by Crippen LogP contribution is -2.48. The lowest BCUT2D eigenvalue weighted by Gasteiger charge is -2.30. The molecule has 6 nitrogen and oxygen atoms in total. The van der Waals surface area contributed by atoms with E-state index in [0.29, 0.717) is 12.6 Å². The Morgan fingerprint density at radius 1 is 1.42 bits per heavy atom. The highest BCUT2D eigenvalue weighted by Gasteiger charge is 2.20. The maximum atomic E-state index is 11.6. The second kappa shape index (κ2) is 9.77. The lowest BCUT2D eigenvalue weighted by atomic mass is 10.1. The second-order valence-electron chi connectivity index (χ2n) is 4.44. The Hall–Kier alpha value is -1.11. The molecule has 0 saturated carbocycles. The van der Waals surface area contributed by atoms with Crippen molar-refractivity contribution in [1.82, 2.24) is 20.9 Å². The highest BCUT2D eigenvalue weighted by molar-refractivity contribution is 5.95. The van der Waals surface area contributed by atoms with Gasteiger partial charge in [-0.05, 0) is 33.0 Å². The van der Waals surface area contributed by atoms with E-state index in [-0.39, 0.29) is 24.9 Å². The molecule has 1 fully saturated rings. The maximum absolute atomic E-state index is 11.6. The Labute approximate surface area is 120 Å². The predicted molar refractivity (Wildman–Crippen MR) is 77.5 cm³/mol. The van der Waals surface area contributed by atoms with Crippen molar-refractivity contribution in [2.45, 2.75) is 18.9 Å². The first-order chi connectivity index (χ1) is 8.63. The van der Waals surface area contributed by atoms with E-state index in [2.05, 4.69) is 22.5 Å². The number of carbonyl (C=O) groups excluding carboxylic acids is 2. The van der Waals surface area contributed by atoms with Gasteiger partial charge in [0.25, 0.3) is 0 Å². The average Bonchev–Trinajstić information content (AvgIpc) is 2.37. The quantitative estimate of drug-likeness (QED) is 0.628. The van der Waals surface area contributed by atoms with Crippen molar-refractivity contribution in [3.05, 3.63) is 12.7 Å². The third-order valence-corrected chi connectivity index (χ3v) is 2.98. The number of carbonyl (C=O) groups is 2. The zero-order valence-electron chi connectivity index (χ0n) is 11.3. The van der Waals surface area contributed by atoms with Gasteiger partial charge in [0.1, 0.15) is 0 Å². The van der Waals surface area contributed by atoms with E-state index in [0.717, 1.165) is 25.9 Å². The van der Waals surface area contributed by atoms with E-state index in [4.69, 9.17) is 0 Å². The molecule has 0 aromatic carbocycles. The van der Waals surface area contributed by atoms with Crippen molar-refractivity contribution < 1.29 is 9.59 Å². The molecule has 1 heterocycles. The smallest absolute Gasteiger partial charge is 0.321 e. The number of imide groups is 1. The molecular weight excluding hydrogens is 268 g/mol. The fourth-order valence-electron chi connectivity index (χ4n) is 1.98. The van der Waals surface area contributed by atoms with Crippen molar-refractivity contribution >= 4 is 24.3 Å². The van der Waals surface area contributed by atoms with Crippen LogP contribution in [0.15, 0.2) is 12.7 Å². The molecule has 0 unspecified atom stereocenters. The van der Waals surface area contributed by atoms with Gasteiger partial charge in [-0.15, -0.1) is 19.0 Å². The fraction of sp³-hybridized carbons (Fsp3) is 0.667. The molecule has 7 heteroatoms. The monoisotopic (exact) mass is 290 g/mol. The highest BCUT2D eigenvalue weighted by atomic mass is 35.5. The molecule has 3 N–H and O–H groups in total. The van der Waals surface area contributed by atoms with E-state index in [1.807, 2.05) is 11.9 Å². The van der Waals surface area contributed by atoms with Gasteiger partial charge in [-0.3, -0.25) is 15.0 Å². The lowest BCUT2D eigenvalue weighted by molar-refractivity contribution is -0.121. The summed E-state index contributed by atoms with van der Waals surface area (Å²) < 4.78 is 0. The van der Waals surface area contributed by atoms with Gasteiger partial charge in [0.2, 0.25) is 5.91 Å². The van der Waals surface area contributed by atoms with Crippen LogP contribution in [0.5, 0.6) is 0 Å². The first-order valence-corrected chi connectivity index (χ1v) is 6.23. The van der Waals surface area contributed by atoms with Gasteiger partial charge in [0.05, 0.1) is 6.54 Å². The van der Waals surface area contributed by atoms with Gasteiger partial charge in [0.15, 0.2) is 0 Å². The molecule has 3 amide bonds. The van der Waals surface area contributed by atoms with Gasteiger partial charge in [-0.1, -0.05) is 6.08 Å². The van der Waals surface area contributed by atoms with Gasteiger partial charge in [0, 0.05) is 12.6 Å². The summed E-state index contributed by atoms with van der Waals surface area (Å²) in [6.45, 7) is 6.04. The summed E-state index contributed by atoms with van der Waals surface area (Å²) in [5.74, 6) is -0.280. The largest absolute Gasteiger partial charge is 0.334 e. The predicted octanol–water partition coefficient (Wildman–Crippen LogP) is 0.104. The molecule has 1 saturated heterocycles. The number of hydrogen-bond donors (Lipinski definition) is 3. The molecule has 0 atom stereocenters. The van der Waals surface area contributed by atoms with Crippen molar-refractivity contribution in [2.75, 3.05) is 33.2 Å². The van der Waals surface area contributed by atoms with Crippen LogP contribution in [0.25, 0.3) is 0 Å². The molecule has 0 bridgehead atoms. The number of rotatable bonds is 5. The number of likely N-dealkylation sites (N-methyl/N-ethyl adjacent to an activating group) is 1. The van der Waals surface area contributed by atoms with E-state index in [9.17, 15) is 9.59 Å². The Bertz CT molecular complexity index is 306. The van der Waals surface area contributed by atoms with E-state index in [1.165, 1.54) is 0 Å². The van der Waals surface area contributed by atoms with Gasteiger partial charge in [-0.2, -0.15) is 0 Å². The standard InChI is InChI=1S/C12H22N4O2.ClH/c1-3-6-14-12(18)15-11(17)9-16(2)10-4-7-13-8-5-10;/h3,10,13H,1,4-9H2,2H3,(H2,14,15,17,18);1H. The second-order valence-corrected chi connectivity index (χ2v) is 4.44. The number of amides is 3. The Kier molecular flexibility index (Phi) is 9.20. The maximum Gasteiger partial charge on any atom is 0.321 e. The number of nitrogens with zero attached hydrogens (tertiary/aromatic N) is 1. The summed E-state index contributed by atoms with van der Waals surface area (Å²) in [5.41, 5.74) is 0. The summed E-state index contributed by atoms with van der Waals surface area (Å²) in [6, 6.07) is -0.0631. The van der Waals surface area contributed by atoms with Crippen LogP contribution >= 0.6 is 12.4 Å². The summed E-state index contributed by atoms with van der Waals surface area (Å²) in [4.78, 5) is 24.9. The van der Waals surface area contributed by atoms with Crippen molar-refractivity contribution in [3.8, 4) is 0 Å². The minimum atomic E-state index is -0.474.